The Morgan fingerprint density at radius 2 is 2.00 bits per heavy atom. The van der Waals surface area contributed by atoms with Gasteiger partial charge in [-0.25, -0.2) is 4.68 Å². The zero-order valence-electron chi connectivity index (χ0n) is 12.6. The molecule has 3 aromatic rings. The zero-order chi connectivity index (χ0) is 16.2. The van der Waals surface area contributed by atoms with Gasteiger partial charge in [0.1, 0.15) is 5.02 Å². The third-order valence-corrected chi connectivity index (χ3v) is 4.74. The van der Waals surface area contributed by atoms with E-state index < -0.39 is 0 Å². The summed E-state index contributed by atoms with van der Waals surface area (Å²) in [5, 5.41) is 6.50. The Bertz CT molecular complexity index is 831. The molecular formula is C17H16ClN3OS. The monoisotopic (exact) mass is 345 g/mol. The van der Waals surface area contributed by atoms with E-state index in [1.54, 1.807) is 17.5 Å². The number of nitrogens with zero attached hydrogens (tertiary/aromatic N) is 3. The SMILES string of the molecule is CN(Cc1cccs1)c1cnn(Cc2ccccc2)c(=O)c1Cl. The first-order valence-corrected chi connectivity index (χ1v) is 8.44. The van der Waals surface area contributed by atoms with Gasteiger partial charge in [0.05, 0.1) is 25.0 Å². The summed E-state index contributed by atoms with van der Waals surface area (Å²) in [5.74, 6) is 0. The minimum Gasteiger partial charge on any atom is -0.367 e. The highest BCUT2D eigenvalue weighted by atomic mass is 35.5. The van der Waals surface area contributed by atoms with Gasteiger partial charge in [0.15, 0.2) is 0 Å². The van der Waals surface area contributed by atoms with Gasteiger partial charge in [-0.2, -0.15) is 5.10 Å². The lowest BCUT2D eigenvalue weighted by Gasteiger charge is -2.19. The van der Waals surface area contributed by atoms with Crippen molar-refractivity contribution in [2.75, 3.05) is 11.9 Å². The van der Waals surface area contributed by atoms with E-state index in [2.05, 4.69) is 11.2 Å². The molecule has 4 nitrogen and oxygen atoms in total. The molecule has 0 atom stereocenters. The first kappa shape index (κ1) is 15.8. The highest BCUT2D eigenvalue weighted by Crippen LogP contribution is 2.22. The lowest BCUT2D eigenvalue weighted by Crippen LogP contribution is -2.27. The van der Waals surface area contributed by atoms with Crippen LogP contribution in [0.3, 0.4) is 0 Å². The topological polar surface area (TPSA) is 38.1 Å². The van der Waals surface area contributed by atoms with Crippen LogP contribution in [0.1, 0.15) is 10.4 Å². The first-order chi connectivity index (χ1) is 11.1. The van der Waals surface area contributed by atoms with E-state index in [1.165, 1.54) is 9.56 Å². The normalized spacial score (nSPS) is 10.7. The second-order valence-electron chi connectivity index (χ2n) is 5.23. The van der Waals surface area contributed by atoms with Crippen LogP contribution in [-0.2, 0) is 13.1 Å². The van der Waals surface area contributed by atoms with Crippen LogP contribution >= 0.6 is 22.9 Å². The van der Waals surface area contributed by atoms with Gasteiger partial charge >= 0.3 is 0 Å². The summed E-state index contributed by atoms with van der Waals surface area (Å²) in [6, 6.07) is 13.8. The zero-order valence-corrected chi connectivity index (χ0v) is 14.2. The first-order valence-electron chi connectivity index (χ1n) is 7.18. The van der Waals surface area contributed by atoms with E-state index in [-0.39, 0.29) is 10.6 Å². The molecule has 0 radical (unpaired) electrons. The molecule has 0 unspecified atom stereocenters. The van der Waals surface area contributed by atoms with Crippen molar-refractivity contribution in [1.82, 2.24) is 9.78 Å². The molecule has 3 rings (SSSR count). The molecule has 2 heterocycles. The van der Waals surface area contributed by atoms with E-state index in [4.69, 9.17) is 11.6 Å². The van der Waals surface area contributed by atoms with E-state index in [1.807, 2.05) is 53.7 Å². The standard InChI is InChI=1S/C17H16ClN3OS/c1-20(12-14-8-5-9-23-14)15-10-19-21(17(22)16(15)18)11-13-6-3-2-4-7-13/h2-10H,11-12H2,1H3. The van der Waals surface area contributed by atoms with E-state index in [0.29, 0.717) is 18.8 Å². The molecule has 0 saturated heterocycles. The van der Waals surface area contributed by atoms with E-state index in [0.717, 1.165) is 5.56 Å². The number of aromatic nitrogens is 2. The van der Waals surface area contributed by atoms with Crippen molar-refractivity contribution in [2.45, 2.75) is 13.1 Å². The van der Waals surface area contributed by atoms with Crippen molar-refractivity contribution in [1.29, 1.82) is 0 Å². The molecule has 0 fully saturated rings. The minimum atomic E-state index is -0.272. The van der Waals surface area contributed by atoms with Crippen molar-refractivity contribution < 1.29 is 0 Å². The van der Waals surface area contributed by atoms with Gasteiger partial charge in [0.25, 0.3) is 5.56 Å². The Morgan fingerprint density at radius 3 is 2.70 bits per heavy atom. The molecule has 0 N–H and O–H groups in total. The van der Waals surface area contributed by atoms with Gasteiger partial charge in [0.2, 0.25) is 0 Å². The molecule has 0 aliphatic rings. The molecule has 0 spiro atoms. The molecule has 0 amide bonds. The summed E-state index contributed by atoms with van der Waals surface area (Å²) in [7, 11) is 1.91. The predicted octanol–water partition coefficient (Wildman–Crippen LogP) is 3.64. The fourth-order valence-electron chi connectivity index (χ4n) is 2.31. The Labute approximate surface area is 143 Å². The van der Waals surface area contributed by atoms with Crippen LogP contribution in [0.15, 0.2) is 58.8 Å². The Morgan fingerprint density at radius 1 is 1.22 bits per heavy atom. The number of rotatable bonds is 5. The second kappa shape index (κ2) is 6.98. The Hall–Kier alpha value is -2.11. The molecule has 118 valence electrons. The lowest BCUT2D eigenvalue weighted by molar-refractivity contribution is 0.637. The molecule has 0 saturated carbocycles. The van der Waals surface area contributed by atoms with Gasteiger partial charge in [0, 0.05) is 11.9 Å². The fourth-order valence-corrected chi connectivity index (χ4v) is 3.36. The quantitative estimate of drug-likeness (QED) is 0.708. The largest absolute Gasteiger partial charge is 0.367 e. The van der Waals surface area contributed by atoms with Crippen molar-refractivity contribution in [2.24, 2.45) is 0 Å². The van der Waals surface area contributed by atoms with Crippen LogP contribution in [0, 0.1) is 0 Å². The number of hydrogen-bond acceptors (Lipinski definition) is 4. The predicted molar refractivity (Wildman–Crippen MR) is 95.5 cm³/mol. The second-order valence-corrected chi connectivity index (χ2v) is 6.64. The highest BCUT2D eigenvalue weighted by molar-refractivity contribution is 7.09. The van der Waals surface area contributed by atoms with Crippen molar-refractivity contribution in [3.8, 4) is 0 Å². The highest BCUT2D eigenvalue weighted by Gasteiger charge is 2.13. The molecule has 23 heavy (non-hydrogen) atoms. The number of anilines is 1. The van der Waals surface area contributed by atoms with Gasteiger partial charge in [-0.3, -0.25) is 4.79 Å². The molecular weight excluding hydrogens is 330 g/mol. The average Bonchev–Trinajstić information content (AvgIpc) is 3.06. The van der Waals surface area contributed by atoms with Crippen LogP contribution in [0.25, 0.3) is 0 Å². The van der Waals surface area contributed by atoms with E-state index in [9.17, 15) is 4.79 Å². The number of thiophene rings is 1. The Kier molecular flexibility index (Phi) is 4.79. The average molecular weight is 346 g/mol. The maximum Gasteiger partial charge on any atom is 0.287 e. The summed E-state index contributed by atoms with van der Waals surface area (Å²) in [4.78, 5) is 15.6. The van der Waals surface area contributed by atoms with Gasteiger partial charge < -0.3 is 4.90 Å². The smallest absolute Gasteiger partial charge is 0.287 e. The molecule has 2 aromatic heterocycles. The molecule has 0 aliphatic carbocycles. The third kappa shape index (κ3) is 3.63. The van der Waals surface area contributed by atoms with Gasteiger partial charge in [-0.05, 0) is 17.0 Å². The van der Waals surface area contributed by atoms with E-state index >= 15 is 0 Å². The van der Waals surface area contributed by atoms with Crippen LogP contribution in [0.4, 0.5) is 5.69 Å². The van der Waals surface area contributed by atoms with Crippen molar-refractivity contribution in [3.63, 3.8) is 0 Å². The Balaban J connectivity index is 1.84. The van der Waals surface area contributed by atoms with Gasteiger partial charge in [-0.15, -0.1) is 11.3 Å². The van der Waals surface area contributed by atoms with Crippen molar-refractivity contribution >= 4 is 28.6 Å². The summed E-state index contributed by atoms with van der Waals surface area (Å²) < 4.78 is 1.39. The number of hydrogen-bond donors (Lipinski definition) is 0. The van der Waals surface area contributed by atoms with Crippen molar-refractivity contribution in [3.05, 3.63) is 79.9 Å². The minimum absolute atomic E-state index is 0.204. The molecule has 0 aliphatic heterocycles. The molecule has 6 heteroatoms. The fraction of sp³-hybridized carbons (Fsp3) is 0.176. The summed E-state index contributed by atoms with van der Waals surface area (Å²) >= 11 is 7.96. The number of benzene rings is 1. The van der Waals surface area contributed by atoms with Crippen LogP contribution in [0.2, 0.25) is 5.02 Å². The van der Waals surface area contributed by atoms with Gasteiger partial charge in [-0.1, -0.05) is 48.0 Å². The summed E-state index contributed by atoms with van der Waals surface area (Å²) in [6.07, 6.45) is 1.65. The third-order valence-electron chi connectivity index (χ3n) is 3.53. The van der Waals surface area contributed by atoms with Crippen LogP contribution < -0.4 is 10.5 Å². The summed E-state index contributed by atoms with van der Waals surface area (Å²) in [6.45, 7) is 1.11. The summed E-state index contributed by atoms with van der Waals surface area (Å²) in [5.41, 5.74) is 1.39. The van der Waals surface area contributed by atoms with Crippen LogP contribution in [-0.4, -0.2) is 16.8 Å². The molecule has 1 aromatic carbocycles. The number of halogens is 1. The lowest BCUT2D eigenvalue weighted by atomic mass is 10.2. The maximum atomic E-state index is 12.4. The van der Waals surface area contributed by atoms with Crippen LogP contribution in [0.5, 0.6) is 0 Å². The molecule has 0 bridgehead atoms. The maximum absolute atomic E-state index is 12.4.